The molecule has 2 aromatic rings. The molecule has 0 saturated carbocycles. The Labute approximate surface area is 242 Å². The highest BCUT2D eigenvalue weighted by Crippen LogP contribution is 2.61. The lowest BCUT2D eigenvalue weighted by atomic mass is 9.70. The Morgan fingerprint density at radius 2 is 1.83 bits per heavy atom. The zero-order valence-corrected chi connectivity index (χ0v) is 24.3. The minimum atomic E-state index is -1.32. The molecule has 6 atom stereocenters. The average Bonchev–Trinajstić information content (AvgIpc) is 3.41. The fourth-order valence-electron chi connectivity index (χ4n) is 7.48. The van der Waals surface area contributed by atoms with Crippen molar-refractivity contribution < 1.29 is 43.5 Å². The predicted molar refractivity (Wildman–Crippen MR) is 145 cm³/mol. The highest BCUT2D eigenvalue weighted by atomic mass is 16.7. The van der Waals surface area contributed by atoms with E-state index in [1.54, 1.807) is 6.92 Å². The van der Waals surface area contributed by atoms with Gasteiger partial charge in [-0.1, -0.05) is 6.07 Å². The number of likely N-dealkylation sites (N-methyl/N-ethyl adjacent to an activating group) is 1. The van der Waals surface area contributed by atoms with E-state index < -0.39 is 42.2 Å². The van der Waals surface area contributed by atoms with E-state index in [1.165, 1.54) is 21.0 Å². The molecule has 2 N–H and O–H groups in total. The molecule has 0 aliphatic carbocycles. The minimum absolute atomic E-state index is 0.0326. The van der Waals surface area contributed by atoms with Crippen molar-refractivity contribution >= 4 is 11.9 Å². The van der Waals surface area contributed by atoms with Gasteiger partial charge in [-0.05, 0) is 38.4 Å². The van der Waals surface area contributed by atoms with Crippen LogP contribution in [0.15, 0.2) is 6.07 Å². The zero-order chi connectivity index (χ0) is 30.2. The number of aromatic hydroxyl groups is 1. The summed E-state index contributed by atoms with van der Waals surface area (Å²) in [5, 5.41) is 34.5. The number of aryl methyl sites for hydroxylation is 1. The van der Waals surface area contributed by atoms with Crippen LogP contribution in [-0.4, -0.2) is 77.6 Å². The van der Waals surface area contributed by atoms with Gasteiger partial charge in [0.25, 0.3) is 0 Å². The van der Waals surface area contributed by atoms with Gasteiger partial charge in [0, 0.05) is 42.1 Å². The molecule has 2 aromatic carbocycles. The number of nitriles is 1. The molecule has 1 fully saturated rings. The first-order valence-corrected chi connectivity index (χ1v) is 13.8. The Bertz CT molecular complexity index is 1550. The lowest BCUT2D eigenvalue weighted by Crippen LogP contribution is -2.69. The van der Waals surface area contributed by atoms with E-state index in [4.69, 9.17) is 23.7 Å². The third kappa shape index (κ3) is 3.84. The van der Waals surface area contributed by atoms with Gasteiger partial charge in [-0.25, -0.2) is 0 Å². The van der Waals surface area contributed by atoms with Crippen LogP contribution < -0.4 is 18.9 Å². The van der Waals surface area contributed by atoms with Gasteiger partial charge in [0.2, 0.25) is 6.79 Å². The number of rotatable bonds is 4. The second-order valence-electron chi connectivity index (χ2n) is 11.2. The summed E-state index contributed by atoms with van der Waals surface area (Å²) in [6, 6.07) is 1.10. The molecule has 6 rings (SSSR count). The number of phenols is 1. The number of benzene rings is 2. The van der Waals surface area contributed by atoms with Crippen molar-refractivity contribution in [2.24, 2.45) is 0 Å². The van der Waals surface area contributed by atoms with Crippen molar-refractivity contribution in [3.05, 3.63) is 39.4 Å². The van der Waals surface area contributed by atoms with E-state index in [2.05, 4.69) is 6.07 Å². The van der Waals surface area contributed by atoms with Crippen LogP contribution in [0.2, 0.25) is 0 Å². The van der Waals surface area contributed by atoms with Gasteiger partial charge < -0.3 is 33.9 Å². The Kier molecular flexibility index (Phi) is 6.72. The highest BCUT2D eigenvalue weighted by Gasteiger charge is 2.60. The van der Waals surface area contributed by atoms with Gasteiger partial charge in [0.15, 0.2) is 23.0 Å². The van der Waals surface area contributed by atoms with Crippen LogP contribution in [0.4, 0.5) is 0 Å². The summed E-state index contributed by atoms with van der Waals surface area (Å²) < 4.78 is 28.5. The standard InChI is InChI=1S/C30H33N3O9/c1-12-7-16-8-17-18(9-31)33-19(10-39-14(3)34)21-22(28(42-15(4)35)13(2)29-30(21)41-11-40-29)25(36)24(33)23(32(17)5)20(16)26(37)27(12)38-6/h7,17-19,23-25,36-37H,8,10-11H2,1-6H3/t17-,18+,19+,23-,24+,25-/m1/s1. The monoisotopic (exact) mass is 579 g/mol. The number of hydrogen-bond acceptors (Lipinski definition) is 12. The molecule has 2 bridgehead atoms. The smallest absolute Gasteiger partial charge is 0.308 e. The van der Waals surface area contributed by atoms with Crippen LogP contribution in [0.25, 0.3) is 0 Å². The normalized spacial score (nSPS) is 27.3. The summed E-state index contributed by atoms with van der Waals surface area (Å²) in [5.41, 5.74) is 3.39. The second-order valence-corrected chi connectivity index (χ2v) is 11.2. The summed E-state index contributed by atoms with van der Waals surface area (Å²) in [5.74, 6) is 0.00486. The van der Waals surface area contributed by atoms with E-state index in [1.807, 2.05) is 29.8 Å². The number of methoxy groups -OCH3 is 1. The number of fused-ring (bicyclic) bond motifs is 9. The van der Waals surface area contributed by atoms with Crippen LogP contribution in [0.1, 0.15) is 65.4 Å². The number of hydrogen-bond donors (Lipinski definition) is 2. The van der Waals surface area contributed by atoms with Crippen molar-refractivity contribution in [3.63, 3.8) is 0 Å². The van der Waals surface area contributed by atoms with Crippen LogP contribution in [0.5, 0.6) is 28.7 Å². The summed E-state index contributed by atoms with van der Waals surface area (Å²) in [7, 11) is 3.35. The summed E-state index contributed by atoms with van der Waals surface area (Å²) >= 11 is 0. The molecule has 42 heavy (non-hydrogen) atoms. The van der Waals surface area contributed by atoms with Gasteiger partial charge in [-0.3, -0.25) is 19.4 Å². The number of nitrogens with zero attached hydrogens (tertiary/aromatic N) is 3. The fourth-order valence-corrected chi connectivity index (χ4v) is 7.48. The minimum Gasteiger partial charge on any atom is -0.504 e. The molecule has 12 heteroatoms. The molecule has 0 radical (unpaired) electrons. The molecule has 12 nitrogen and oxygen atoms in total. The maximum absolute atomic E-state index is 12.4. The van der Waals surface area contributed by atoms with Crippen LogP contribution >= 0.6 is 0 Å². The van der Waals surface area contributed by atoms with E-state index in [0.29, 0.717) is 45.9 Å². The van der Waals surface area contributed by atoms with Gasteiger partial charge in [-0.15, -0.1) is 0 Å². The molecule has 0 spiro atoms. The molecular formula is C30H33N3O9. The summed E-state index contributed by atoms with van der Waals surface area (Å²) in [6.45, 7) is 5.86. The van der Waals surface area contributed by atoms with Crippen molar-refractivity contribution in [2.45, 2.75) is 70.4 Å². The molecule has 0 amide bonds. The van der Waals surface area contributed by atoms with E-state index in [-0.39, 0.29) is 30.9 Å². The highest BCUT2D eigenvalue weighted by molar-refractivity contribution is 5.75. The molecule has 4 heterocycles. The van der Waals surface area contributed by atoms with E-state index in [0.717, 1.165) is 11.1 Å². The first kappa shape index (κ1) is 28.1. The number of esters is 2. The third-order valence-corrected chi connectivity index (χ3v) is 9.02. The first-order chi connectivity index (χ1) is 20.0. The van der Waals surface area contributed by atoms with Gasteiger partial charge >= 0.3 is 11.9 Å². The predicted octanol–water partition coefficient (Wildman–Crippen LogP) is 2.50. The molecule has 222 valence electrons. The number of piperazine rings is 1. The molecule has 4 aliphatic rings. The second kappa shape index (κ2) is 10.0. The largest absolute Gasteiger partial charge is 0.504 e. The SMILES string of the molecule is COc1c(C)cc2c(c1O)[C@@H]1[C@H]3[C@H](O)c4c(OC(C)=O)c(C)c5c(c4[C@H](COC(C)=O)N3[C@@H](C#N)[C@@H](C2)N1C)OCO5. The molecule has 0 aromatic heterocycles. The Morgan fingerprint density at radius 1 is 1.12 bits per heavy atom. The zero-order valence-electron chi connectivity index (χ0n) is 24.3. The number of aliphatic hydroxyl groups excluding tert-OH is 1. The van der Waals surface area contributed by atoms with Crippen LogP contribution in [0, 0.1) is 25.2 Å². The topological polar surface area (TPSA) is 151 Å². The van der Waals surface area contributed by atoms with Gasteiger partial charge in [-0.2, -0.15) is 5.26 Å². The van der Waals surface area contributed by atoms with Crippen LogP contribution in [0.3, 0.4) is 0 Å². The number of carbonyl (C=O) groups is 2. The Hall–Kier alpha value is -4.05. The number of aliphatic hydroxyl groups is 1. The fraction of sp³-hybridized carbons (Fsp3) is 0.500. The third-order valence-electron chi connectivity index (χ3n) is 9.02. The maximum Gasteiger partial charge on any atom is 0.308 e. The average molecular weight is 580 g/mol. The van der Waals surface area contributed by atoms with E-state index >= 15 is 0 Å². The van der Waals surface area contributed by atoms with Gasteiger partial charge in [0.1, 0.15) is 24.5 Å². The van der Waals surface area contributed by atoms with Crippen molar-refractivity contribution in [3.8, 4) is 34.8 Å². The molecular weight excluding hydrogens is 546 g/mol. The lowest BCUT2D eigenvalue weighted by molar-refractivity contribution is -0.152. The van der Waals surface area contributed by atoms with Gasteiger partial charge in [0.05, 0.1) is 31.3 Å². The molecule has 1 saturated heterocycles. The first-order valence-electron chi connectivity index (χ1n) is 13.8. The Morgan fingerprint density at radius 3 is 2.48 bits per heavy atom. The summed E-state index contributed by atoms with van der Waals surface area (Å²) in [6.07, 6.45) is -0.867. The number of carbonyl (C=O) groups excluding carboxylic acids is 2. The van der Waals surface area contributed by atoms with E-state index in [9.17, 15) is 25.1 Å². The lowest BCUT2D eigenvalue weighted by Gasteiger charge is -2.60. The number of ether oxygens (including phenoxy) is 5. The van der Waals surface area contributed by atoms with Crippen molar-refractivity contribution in [2.75, 3.05) is 27.6 Å². The van der Waals surface area contributed by atoms with Crippen LogP contribution in [-0.2, 0) is 20.7 Å². The number of phenolic OH excluding ortho intramolecular Hbond substituents is 1. The van der Waals surface area contributed by atoms with Crippen molar-refractivity contribution in [1.82, 2.24) is 9.80 Å². The van der Waals surface area contributed by atoms with Crippen molar-refractivity contribution in [1.29, 1.82) is 5.26 Å². The molecule has 0 unspecified atom stereocenters. The quantitative estimate of drug-likeness (QED) is 0.405. The Balaban J connectivity index is 1.67. The maximum atomic E-state index is 12.4. The summed E-state index contributed by atoms with van der Waals surface area (Å²) in [4.78, 5) is 28.3. The molecule has 4 aliphatic heterocycles.